The van der Waals surface area contributed by atoms with Gasteiger partial charge in [-0.3, -0.25) is 0 Å². The number of allylic oxidation sites excluding steroid dienone is 1. The topological polar surface area (TPSA) is 0 Å². The third kappa shape index (κ3) is 5.25. The lowest BCUT2D eigenvalue weighted by Gasteiger charge is -2.45. The van der Waals surface area contributed by atoms with E-state index in [1.807, 2.05) is 0 Å². The Morgan fingerprint density at radius 1 is 0.436 bits per heavy atom. The van der Waals surface area contributed by atoms with E-state index in [4.69, 9.17) is 0 Å². The third-order valence-corrected chi connectivity index (χ3v) is 5.38. The fraction of sp³-hybridized carbons (Fsp3) is 0.895. The first-order chi connectivity index (χ1) is 16.7. The number of alkyl halides is 20. The van der Waals surface area contributed by atoms with Crippen LogP contribution in [0.3, 0.4) is 0 Å². The molecule has 0 radical (unpaired) electrons. The zero-order valence-electron chi connectivity index (χ0n) is 19.2. The van der Waals surface area contributed by atoms with Gasteiger partial charge < -0.3 is 0 Å². The lowest BCUT2D eigenvalue weighted by Crippen LogP contribution is -2.77. The lowest BCUT2D eigenvalue weighted by molar-refractivity contribution is -0.469. The summed E-state index contributed by atoms with van der Waals surface area (Å²) in [6.07, 6.45) is -7.52. The van der Waals surface area contributed by atoms with Gasteiger partial charge in [0.05, 0.1) is 0 Å². The minimum atomic E-state index is -8.99. The van der Waals surface area contributed by atoms with Gasteiger partial charge in [0, 0.05) is 12.8 Å². The quantitative estimate of drug-likeness (QED) is 0.126. The Kier molecular flexibility index (Phi) is 9.87. The predicted octanol–water partition coefficient (Wildman–Crippen LogP) is 9.74. The van der Waals surface area contributed by atoms with Crippen LogP contribution in [0.15, 0.2) is 12.7 Å². The van der Waals surface area contributed by atoms with E-state index in [0.717, 1.165) is 13.8 Å². The molecule has 0 saturated heterocycles. The molecule has 0 aromatic carbocycles. The molecule has 0 N–H and O–H groups in total. The molecular weight excluding hydrogens is 608 g/mol. The van der Waals surface area contributed by atoms with Crippen LogP contribution in [0.1, 0.15) is 39.5 Å². The van der Waals surface area contributed by atoms with Gasteiger partial charge in [-0.1, -0.05) is 19.9 Å². The summed E-state index contributed by atoms with van der Waals surface area (Å²) < 4.78 is 274. The molecule has 234 valence electrons. The molecule has 0 aliphatic heterocycles. The van der Waals surface area contributed by atoms with E-state index in [9.17, 15) is 87.8 Å². The van der Waals surface area contributed by atoms with Gasteiger partial charge in [0.25, 0.3) is 0 Å². The predicted molar refractivity (Wildman–Crippen MR) is 93.0 cm³/mol. The first-order valence-corrected chi connectivity index (χ1v) is 10.1. The zero-order chi connectivity index (χ0) is 32.1. The molecule has 0 aliphatic carbocycles. The van der Waals surface area contributed by atoms with Gasteiger partial charge in [0.1, 0.15) is 0 Å². The van der Waals surface area contributed by atoms with Crippen molar-refractivity contribution < 1.29 is 87.8 Å². The van der Waals surface area contributed by atoms with E-state index in [1.54, 1.807) is 0 Å². The Morgan fingerprint density at radius 2 is 0.667 bits per heavy atom. The van der Waals surface area contributed by atoms with Crippen LogP contribution in [0.25, 0.3) is 0 Å². The largest absolute Gasteiger partial charge is 0.385 e. The zero-order valence-corrected chi connectivity index (χ0v) is 19.2. The SMILES string of the molecule is C=CCCC(F)(F)C(F)(F)C(F)(F)C(F)(F)C(F)(F)C(F)(F)C(F)(F)C(F)(F)C(F)(F)C(F)(F)CCC(C)C. The summed E-state index contributed by atoms with van der Waals surface area (Å²) in [5, 5.41) is 0. The van der Waals surface area contributed by atoms with Crippen LogP contribution in [0, 0.1) is 5.92 Å². The number of hydrogen-bond acceptors (Lipinski definition) is 0. The molecule has 0 aliphatic rings. The highest BCUT2D eigenvalue weighted by Gasteiger charge is 2.97. The summed E-state index contributed by atoms with van der Waals surface area (Å²) in [7, 11) is 0. The Balaban J connectivity index is 6.98. The maximum Gasteiger partial charge on any atom is 0.385 e. The van der Waals surface area contributed by atoms with Crippen LogP contribution in [0.4, 0.5) is 87.8 Å². The molecule has 20 heteroatoms. The molecular formula is C19H18F20. The van der Waals surface area contributed by atoms with Gasteiger partial charge in [-0.05, 0) is 18.8 Å². The Bertz CT molecular complexity index is 853. The Labute approximate surface area is 206 Å². The van der Waals surface area contributed by atoms with Crippen molar-refractivity contribution in [2.24, 2.45) is 5.92 Å². The minimum absolute atomic E-state index is 0.267. The van der Waals surface area contributed by atoms with Crippen LogP contribution >= 0.6 is 0 Å². The van der Waals surface area contributed by atoms with E-state index >= 15 is 0 Å². The Morgan fingerprint density at radius 3 is 0.897 bits per heavy atom. The molecule has 0 nitrogen and oxygen atoms in total. The standard InChI is InChI=1S/C19H18F20/c1-4-5-7-10(20,21)12(24,25)14(28,29)16(32,33)18(36,37)19(38,39)17(34,35)15(30,31)13(26,27)11(22,23)8-6-9(2)3/h4,9H,1,5-8H2,2-3H3. The smallest absolute Gasteiger partial charge is 0.200 e. The average molecular weight is 626 g/mol. The first kappa shape index (κ1) is 37.3. The van der Waals surface area contributed by atoms with Gasteiger partial charge >= 0.3 is 59.2 Å². The monoisotopic (exact) mass is 626 g/mol. The third-order valence-electron chi connectivity index (χ3n) is 5.38. The normalized spacial score (nSPS) is 16.2. The molecule has 0 saturated carbocycles. The molecule has 0 bridgehead atoms. The summed E-state index contributed by atoms with van der Waals surface area (Å²) in [5.74, 6) is -82.2. The van der Waals surface area contributed by atoms with Crippen molar-refractivity contribution in [1.82, 2.24) is 0 Å². The average Bonchev–Trinajstić information content (AvgIpc) is 2.75. The second-order valence-electron chi connectivity index (χ2n) is 8.76. The Hall–Kier alpha value is -1.66. The fourth-order valence-corrected chi connectivity index (χ4v) is 2.71. The molecule has 39 heavy (non-hydrogen) atoms. The first-order valence-electron chi connectivity index (χ1n) is 10.1. The molecule has 0 aromatic rings. The second-order valence-corrected chi connectivity index (χ2v) is 8.76. The van der Waals surface area contributed by atoms with Gasteiger partial charge in [-0.25, -0.2) is 0 Å². The van der Waals surface area contributed by atoms with Crippen molar-refractivity contribution in [1.29, 1.82) is 0 Å². The van der Waals surface area contributed by atoms with Gasteiger partial charge in [0.15, 0.2) is 0 Å². The highest BCUT2D eigenvalue weighted by molar-refractivity contribution is 5.18. The van der Waals surface area contributed by atoms with E-state index in [0.29, 0.717) is 0 Å². The van der Waals surface area contributed by atoms with Crippen LogP contribution in [-0.2, 0) is 0 Å². The van der Waals surface area contributed by atoms with Gasteiger partial charge in [0.2, 0.25) is 0 Å². The van der Waals surface area contributed by atoms with Crippen molar-refractivity contribution in [3.63, 3.8) is 0 Å². The summed E-state index contributed by atoms with van der Waals surface area (Å²) in [5.41, 5.74) is 0. The van der Waals surface area contributed by atoms with Crippen LogP contribution in [0.2, 0.25) is 0 Å². The molecule has 0 amide bonds. The molecule has 0 unspecified atom stereocenters. The second kappa shape index (κ2) is 10.3. The number of hydrogen-bond donors (Lipinski definition) is 0. The summed E-state index contributed by atoms with van der Waals surface area (Å²) in [6, 6.07) is 0. The van der Waals surface area contributed by atoms with E-state index in [1.165, 1.54) is 0 Å². The number of rotatable bonds is 15. The van der Waals surface area contributed by atoms with Crippen molar-refractivity contribution in [3.8, 4) is 0 Å². The maximum atomic E-state index is 13.8. The van der Waals surface area contributed by atoms with E-state index < -0.39 is 90.8 Å². The summed E-state index contributed by atoms with van der Waals surface area (Å²) >= 11 is 0. The van der Waals surface area contributed by atoms with Gasteiger partial charge in [-0.15, -0.1) is 6.58 Å². The van der Waals surface area contributed by atoms with E-state index in [-0.39, 0.29) is 6.08 Å². The molecule has 0 atom stereocenters. The highest BCUT2D eigenvalue weighted by Crippen LogP contribution is 2.66. The molecule has 0 aromatic heterocycles. The summed E-state index contributed by atoms with van der Waals surface area (Å²) in [6.45, 7) is 4.57. The van der Waals surface area contributed by atoms with Crippen molar-refractivity contribution >= 4 is 0 Å². The fourth-order valence-electron chi connectivity index (χ4n) is 2.71. The van der Waals surface area contributed by atoms with Gasteiger partial charge in [-0.2, -0.15) is 87.8 Å². The van der Waals surface area contributed by atoms with Crippen molar-refractivity contribution in [2.75, 3.05) is 0 Å². The van der Waals surface area contributed by atoms with E-state index in [2.05, 4.69) is 6.58 Å². The minimum Gasteiger partial charge on any atom is -0.200 e. The molecule has 0 spiro atoms. The molecule has 0 fully saturated rings. The van der Waals surface area contributed by atoms with Crippen LogP contribution < -0.4 is 0 Å². The van der Waals surface area contributed by atoms with Crippen molar-refractivity contribution in [3.05, 3.63) is 12.7 Å². The highest BCUT2D eigenvalue weighted by atomic mass is 19.4. The maximum absolute atomic E-state index is 13.8. The van der Waals surface area contributed by atoms with Crippen molar-refractivity contribution in [2.45, 2.75) is 98.8 Å². The van der Waals surface area contributed by atoms with Crippen LogP contribution in [0.5, 0.6) is 0 Å². The van der Waals surface area contributed by atoms with Crippen LogP contribution in [-0.4, -0.2) is 59.2 Å². The number of halogens is 20. The molecule has 0 heterocycles. The lowest BCUT2D eigenvalue weighted by atomic mass is 9.84. The molecule has 0 rings (SSSR count). The summed E-state index contributed by atoms with van der Waals surface area (Å²) in [4.78, 5) is 0.